The SMILES string of the molecule is Cc1ccc(C)c(CC(N)c2scnc2C)c1. The van der Waals surface area contributed by atoms with Crippen LogP contribution in [-0.2, 0) is 6.42 Å². The summed E-state index contributed by atoms with van der Waals surface area (Å²) in [6, 6.07) is 6.59. The monoisotopic (exact) mass is 246 g/mol. The van der Waals surface area contributed by atoms with E-state index in [1.165, 1.54) is 21.6 Å². The third kappa shape index (κ3) is 2.73. The Morgan fingerprint density at radius 1 is 1.29 bits per heavy atom. The molecule has 0 radical (unpaired) electrons. The summed E-state index contributed by atoms with van der Waals surface area (Å²) < 4.78 is 0. The maximum atomic E-state index is 6.26. The van der Waals surface area contributed by atoms with Gasteiger partial charge in [-0.2, -0.15) is 0 Å². The third-order valence-electron chi connectivity index (χ3n) is 3.06. The Balaban J connectivity index is 2.21. The predicted molar refractivity (Wildman–Crippen MR) is 73.4 cm³/mol. The topological polar surface area (TPSA) is 38.9 Å². The molecule has 2 rings (SSSR count). The molecule has 0 aliphatic heterocycles. The number of hydrogen-bond acceptors (Lipinski definition) is 3. The maximum Gasteiger partial charge on any atom is 0.0798 e. The first kappa shape index (κ1) is 12.3. The quantitative estimate of drug-likeness (QED) is 0.902. The summed E-state index contributed by atoms with van der Waals surface area (Å²) in [5.41, 5.74) is 13.1. The molecule has 2 nitrogen and oxygen atoms in total. The predicted octanol–water partition coefficient (Wildman–Crippen LogP) is 3.31. The number of aromatic nitrogens is 1. The lowest BCUT2D eigenvalue weighted by atomic mass is 9.98. The Morgan fingerprint density at radius 3 is 2.71 bits per heavy atom. The zero-order chi connectivity index (χ0) is 12.4. The van der Waals surface area contributed by atoms with Gasteiger partial charge in [0.25, 0.3) is 0 Å². The van der Waals surface area contributed by atoms with Crippen molar-refractivity contribution in [2.45, 2.75) is 33.2 Å². The largest absolute Gasteiger partial charge is 0.323 e. The molecule has 0 spiro atoms. The van der Waals surface area contributed by atoms with Crippen LogP contribution in [-0.4, -0.2) is 4.98 Å². The summed E-state index contributed by atoms with van der Waals surface area (Å²) in [5, 5.41) is 0. The molecule has 0 saturated carbocycles. The lowest BCUT2D eigenvalue weighted by Gasteiger charge is -2.13. The second-order valence-corrected chi connectivity index (χ2v) is 5.43. The smallest absolute Gasteiger partial charge is 0.0798 e. The molecule has 0 saturated heterocycles. The molecule has 2 aromatic rings. The van der Waals surface area contributed by atoms with E-state index in [4.69, 9.17) is 5.73 Å². The molecule has 0 aliphatic carbocycles. The van der Waals surface area contributed by atoms with Crippen molar-refractivity contribution in [2.75, 3.05) is 0 Å². The van der Waals surface area contributed by atoms with Crippen molar-refractivity contribution in [3.8, 4) is 0 Å². The molecule has 1 heterocycles. The van der Waals surface area contributed by atoms with Gasteiger partial charge in [0.2, 0.25) is 0 Å². The van der Waals surface area contributed by atoms with Gasteiger partial charge in [-0.05, 0) is 38.3 Å². The van der Waals surface area contributed by atoms with Gasteiger partial charge in [0, 0.05) is 10.9 Å². The second kappa shape index (κ2) is 4.98. The zero-order valence-electron chi connectivity index (χ0n) is 10.5. The number of rotatable bonds is 3. The number of hydrogen-bond donors (Lipinski definition) is 1. The van der Waals surface area contributed by atoms with Crippen LogP contribution in [0, 0.1) is 20.8 Å². The minimum Gasteiger partial charge on any atom is -0.323 e. The van der Waals surface area contributed by atoms with E-state index in [0.29, 0.717) is 0 Å². The normalized spacial score (nSPS) is 12.7. The highest BCUT2D eigenvalue weighted by Gasteiger charge is 2.13. The first-order valence-electron chi connectivity index (χ1n) is 5.79. The highest BCUT2D eigenvalue weighted by atomic mass is 32.1. The van der Waals surface area contributed by atoms with Gasteiger partial charge < -0.3 is 5.73 Å². The van der Waals surface area contributed by atoms with Gasteiger partial charge in [-0.25, -0.2) is 4.98 Å². The van der Waals surface area contributed by atoms with Gasteiger partial charge in [-0.3, -0.25) is 0 Å². The van der Waals surface area contributed by atoms with Crippen LogP contribution < -0.4 is 5.73 Å². The third-order valence-corrected chi connectivity index (χ3v) is 4.13. The lowest BCUT2D eigenvalue weighted by Crippen LogP contribution is -2.13. The molecule has 1 aromatic heterocycles. The van der Waals surface area contributed by atoms with E-state index in [1.807, 2.05) is 12.4 Å². The molecule has 1 unspecified atom stereocenters. The van der Waals surface area contributed by atoms with E-state index in [2.05, 4.69) is 37.0 Å². The van der Waals surface area contributed by atoms with Crippen LogP contribution in [0.2, 0.25) is 0 Å². The standard InChI is InChI=1S/C14H18N2S/c1-9-4-5-10(2)12(6-9)7-13(15)14-11(3)16-8-17-14/h4-6,8,13H,7,15H2,1-3H3. The fraction of sp³-hybridized carbons (Fsp3) is 0.357. The van der Waals surface area contributed by atoms with Crippen LogP contribution in [0.3, 0.4) is 0 Å². The number of benzene rings is 1. The van der Waals surface area contributed by atoms with E-state index in [-0.39, 0.29) is 6.04 Å². The molecule has 0 amide bonds. The van der Waals surface area contributed by atoms with Gasteiger partial charge in [0.1, 0.15) is 0 Å². The van der Waals surface area contributed by atoms with Gasteiger partial charge in [-0.15, -0.1) is 11.3 Å². The van der Waals surface area contributed by atoms with Crippen LogP contribution in [0.15, 0.2) is 23.7 Å². The van der Waals surface area contributed by atoms with Crippen molar-refractivity contribution in [3.05, 3.63) is 51.0 Å². The molecule has 0 fully saturated rings. The maximum absolute atomic E-state index is 6.26. The molecule has 0 aliphatic rings. The molecule has 1 aromatic carbocycles. The van der Waals surface area contributed by atoms with Gasteiger partial charge in [0.15, 0.2) is 0 Å². The van der Waals surface area contributed by atoms with Crippen molar-refractivity contribution >= 4 is 11.3 Å². The Morgan fingerprint density at radius 2 is 2.06 bits per heavy atom. The van der Waals surface area contributed by atoms with Crippen LogP contribution in [0.1, 0.15) is 33.3 Å². The number of thiazole rings is 1. The summed E-state index contributed by atoms with van der Waals surface area (Å²) >= 11 is 1.65. The minimum atomic E-state index is 0.0583. The van der Waals surface area contributed by atoms with Crippen LogP contribution in [0.4, 0.5) is 0 Å². The molecule has 3 heteroatoms. The van der Waals surface area contributed by atoms with Crippen molar-refractivity contribution in [1.82, 2.24) is 4.98 Å². The highest BCUT2D eigenvalue weighted by Crippen LogP contribution is 2.24. The summed E-state index contributed by atoms with van der Waals surface area (Å²) in [7, 11) is 0. The Hall–Kier alpha value is -1.19. The Labute approximate surface area is 107 Å². The average molecular weight is 246 g/mol. The zero-order valence-corrected chi connectivity index (χ0v) is 11.3. The van der Waals surface area contributed by atoms with Crippen molar-refractivity contribution < 1.29 is 0 Å². The average Bonchev–Trinajstić information content (AvgIpc) is 2.70. The molecular formula is C14H18N2S. The second-order valence-electron chi connectivity index (χ2n) is 4.54. The molecular weight excluding hydrogens is 228 g/mol. The first-order valence-corrected chi connectivity index (χ1v) is 6.67. The fourth-order valence-electron chi connectivity index (χ4n) is 2.02. The van der Waals surface area contributed by atoms with Crippen LogP contribution in [0.5, 0.6) is 0 Å². The lowest BCUT2D eigenvalue weighted by molar-refractivity contribution is 0.725. The Bertz CT molecular complexity index is 517. The Kier molecular flexibility index (Phi) is 3.60. The van der Waals surface area contributed by atoms with Crippen LogP contribution >= 0.6 is 11.3 Å². The molecule has 2 N–H and O–H groups in total. The fourth-order valence-corrected chi connectivity index (χ4v) is 2.82. The minimum absolute atomic E-state index is 0.0583. The van der Waals surface area contributed by atoms with Crippen molar-refractivity contribution in [2.24, 2.45) is 5.73 Å². The molecule has 0 bridgehead atoms. The summed E-state index contributed by atoms with van der Waals surface area (Å²) in [4.78, 5) is 5.46. The van der Waals surface area contributed by atoms with Gasteiger partial charge in [0.05, 0.1) is 11.2 Å². The first-order chi connectivity index (χ1) is 8.08. The number of nitrogens with zero attached hydrogens (tertiary/aromatic N) is 1. The van der Waals surface area contributed by atoms with Gasteiger partial charge in [-0.1, -0.05) is 23.8 Å². The van der Waals surface area contributed by atoms with E-state index in [9.17, 15) is 0 Å². The van der Waals surface area contributed by atoms with Crippen molar-refractivity contribution in [3.63, 3.8) is 0 Å². The van der Waals surface area contributed by atoms with E-state index < -0.39 is 0 Å². The number of nitrogens with two attached hydrogens (primary N) is 1. The summed E-state index contributed by atoms with van der Waals surface area (Å²) in [5.74, 6) is 0. The number of aryl methyl sites for hydroxylation is 3. The molecule has 90 valence electrons. The van der Waals surface area contributed by atoms with E-state index >= 15 is 0 Å². The highest BCUT2D eigenvalue weighted by molar-refractivity contribution is 7.09. The molecule has 17 heavy (non-hydrogen) atoms. The van der Waals surface area contributed by atoms with E-state index in [1.54, 1.807) is 11.3 Å². The van der Waals surface area contributed by atoms with Crippen LogP contribution in [0.25, 0.3) is 0 Å². The van der Waals surface area contributed by atoms with E-state index in [0.717, 1.165) is 12.1 Å². The van der Waals surface area contributed by atoms with Crippen molar-refractivity contribution in [1.29, 1.82) is 0 Å². The summed E-state index contributed by atoms with van der Waals surface area (Å²) in [6.07, 6.45) is 0.885. The molecule has 1 atom stereocenters. The summed E-state index contributed by atoms with van der Waals surface area (Å²) in [6.45, 7) is 6.28. The van der Waals surface area contributed by atoms with Gasteiger partial charge >= 0.3 is 0 Å².